The fourth-order valence-electron chi connectivity index (χ4n) is 3.79. The van der Waals surface area contributed by atoms with Crippen molar-refractivity contribution in [3.8, 4) is 5.75 Å². The van der Waals surface area contributed by atoms with Crippen LogP contribution >= 0.6 is 0 Å². The highest BCUT2D eigenvalue weighted by molar-refractivity contribution is 6.01. The Morgan fingerprint density at radius 1 is 1.17 bits per heavy atom. The Labute approximate surface area is 140 Å². The number of benzene rings is 1. The smallest absolute Gasteiger partial charge is 0.293 e. The standard InChI is InChI=1S/C17H21N5O2/c1-21-8-11-7-15-19-20-16(22(15)10-12(11)9-21)17(23)18-13-3-5-14(24-2)6-4-13/h3-6,11-12H,7-10H2,1-2H3,(H,18,23)/t11-,12-/m0/s1. The van der Waals surface area contributed by atoms with Crippen LogP contribution in [0.25, 0.3) is 0 Å². The number of ether oxygens (including phenoxy) is 1. The van der Waals surface area contributed by atoms with Crippen molar-refractivity contribution < 1.29 is 9.53 Å². The first-order chi connectivity index (χ1) is 11.6. The summed E-state index contributed by atoms with van der Waals surface area (Å²) < 4.78 is 7.11. The first-order valence-corrected chi connectivity index (χ1v) is 8.20. The van der Waals surface area contributed by atoms with Crippen LogP contribution in [0.1, 0.15) is 16.4 Å². The summed E-state index contributed by atoms with van der Waals surface area (Å²) in [6.45, 7) is 3.00. The quantitative estimate of drug-likeness (QED) is 0.919. The molecule has 1 saturated heterocycles. The van der Waals surface area contributed by atoms with Crippen molar-refractivity contribution in [2.24, 2.45) is 11.8 Å². The third-order valence-corrected chi connectivity index (χ3v) is 5.00. The first-order valence-electron chi connectivity index (χ1n) is 8.20. The van der Waals surface area contributed by atoms with Gasteiger partial charge in [0, 0.05) is 31.7 Å². The van der Waals surface area contributed by atoms with E-state index in [4.69, 9.17) is 4.74 Å². The molecule has 1 aromatic carbocycles. The fraction of sp³-hybridized carbons (Fsp3) is 0.471. The van der Waals surface area contributed by atoms with Gasteiger partial charge in [0.25, 0.3) is 5.91 Å². The van der Waals surface area contributed by atoms with E-state index < -0.39 is 0 Å². The molecule has 0 bridgehead atoms. The van der Waals surface area contributed by atoms with Gasteiger partial charge in [0.1, 0.15) is 11.6 Å². The molecule has 7 nitrogen and oxygen atoms in total. The van der Waals surface area contributed by atoms with Gasteiger partial charge in [-0.3, -0.25) is 4.79 Å². The molecule has 24 heavy (non-hydrogen) atoms. The van der Waals surface area contributed by atoms with Crippen LogP contribution in [0, 0.1) is 11.8 Å². The molecule has 7 heteroatoms. The summed E-state index contributed by atoms with van der Waals surface area (Å²) >= 11 is 0. The van der Waals surface area contributed by atoms with Crippen molar-refractivity contribution in [1.29, 1.82) is 0 Å². The van der Waals surface area contributed by atoms with Gasteiger partial charge in [0.15, 0.2) is 0 Å². The number of nitrogens with zero attached hydrogens (tertiary/aromatic N) is 4. The van der Waals surface area contributed by atoms with E-state index in [1.165, 1.54) is 0 Å². The zero-order chi connectivity index (χ0) is 16.7. The Kier molecular flexibility index (Phi) is 3.72. The van der Waals surface area contributed by atoms with E-state index in [-0.39, 0.29) is 5.91 Å². The molecule has 2 aliphatic heterocycles. The molecule has 0 unspecified atom stereocenters. The van der Waals surface area contributed by atoms with Crippen LogP contribution < -0.4 is 10.1 Å². The van der Waals surface area contributed by atoms with Crippen molar-refractivity contribution in [2.45, 2.75) is 13.0 Å². The van der Waals surface area contributed by atoms with Gasteiger partial charge in [0.05, 0.1) is 7.11 Å². The fourth-order valence-corrected chi connectivity index (χ4v) is 3.79. The summed E-state index contributed by atoms with van der Waals surface area (Å²) in [5.41, 5.74) is 0.715. The summed E-state index contributed by atoms with van der Waals surface area (Å²) in [5, 5.41) is 11.3. The molecular formula is C17H21N5O2. The van der Waals surface area contributed by atoms with Gasteiger partial charge < -0.3 is 19.5 Å². The second-order valence-electron chi connectivity index (χ2n) is 6.68. The minimum Gasteiger partial charge on any atom is -0.497 e. The lowest BCUT2D eigenvalue weighted by atomic mass is 9.89. The average Bonchev–Trinajstić information content (AvgIpc) is 3.14. The van der Waals surface area contributed by atoms with Gasteiger partial charge in [-0.25, -0.2) is 0 Å². The molecule has 126 valence electrons. The van der Waals surface area contributed by atoms with E-state index in [9.17, 15) is 4.79 Å². The first kappa shape index (κ1) is 15.1. The number of hydrogen-bond donors (Lipinski definition) is 1. The van der Waals surface area contributed by atoms with Gasteiger partial charge in [-0.05, 0) is 43.1 Å². The number of amides is 1. The molecule has 3 heterocycles. The van der Waals surface area contributed by atoms with Crippen LogP contribution in [0.4, 0.5) is 5.69 Å². The normalized spacial score (nSPS) is 22.8. The molecular weight excluding hydrogens is 306 g/mol. The molecule has 4 rings (SSSR count). The van der Waals surface area contributed by atoms with Crippen LogP contribution in [-0.2, 0) is 13.0 Å². The predicted molar refractivity (Wildman–Crippen MR) is 89.2 cm³/mol. The Hall–Kier alpha value is -2.41. The largest absolute Gasteiger partial charge is 0.497 e. The van der Waals surface area contributed by atoms with Crippen molar-refractivity contribution >= 4 is 11.6 Å². The maximum absolute atomic E-state index is 12.6. The number of rotatable bonds is 3. The topological polar surface area (TPSA) is 72.3 Å². The number of methoxy groups -OCH3 is 1. The number of fused-ring (bicyclic) bond motifs is 2. The van der Waals surface area contributed by atoms with Gasteiger partial charge in [0.2, 0.25) is 5.82 Å². The predicted octanol–water partition coefficient (Wildman–Crippen LogP) is 1.27. The Bertz CT molecular complexity index is 755. The molecule has 2 aliphatic rings. The second kappa shape index (κ2) is 5.90. The number of nitrogens with one attached hydrogen (secondary N) is 1. The highest BCUT2D eigenvalue weighted by Crippen LogP contribution is 2.31. The van der Waals surface area contributed by atoms with Gasteiger partial charge in [-0.2, -0.15) is 0 Å². The number of carbonyl (C=O) groups excluding carboxylic acids is 1. The van der Waals surface area contributed by atoms with Crippen LogP contribution in [0.15, 0.2) is 24.3 Å². The van der Waals surface area contributed by atoms with Crippen LogP contribution in [0.3, 0.4) is 0 Å². The zero-order valence-corrected chi connectivity index (χ0v) is 13.9. The van der Waals surface area contributed by atoms with E-state index >= 15 is 0 Å². The lowest BCUT2D eigenvalue weighted by Crippen LogP contribution is -2.31. The van der Waals surface area contributed by atoms with Crippen LogP contribution in [-0.4, -0.2) is 52.8 Å². The van der Waals surface area contributed by atoms with E-state index in [1.807, 2.05) is 28.8 Å². The molecule has 0 aliphatic carbocycles. The summed E-state index contributed by atoms with van der Waals surface area (Å²) in [7, 11) is 3.76. The third kappa shape index (κ3) is 2.65. The van der Waals surface area contributed by atoms with Crippen LogP contribution in [0.2, 0.25) is 0 Å². The molecule has 2 aromatic rings. The zero-order valence-electron chi connectivity index (χ0n) is 13.9. The SMILES string of the molecule is COc1ccc(NC(=O)c2nnc3n2C[C@@H]2CN(C)C[C@@H]2C3)cc1. The second-order valence-corrected chi connectivity index (χ2v) is 6.68. The highest BCUT2D eigenvalue weighted by Gasteiger charge is 2.37. The molecule has 2 atom stereocenters. The summed E-state index contributed by atoms with van der Waals surface area (Å²) in [6, 6.07) is 7.25. The summed E-state index contributed by atoms with van der Waals surface area (Å²) in [4.78, 5) is 14.9. The summed E-state index contributed by atoms with van der Waals surface area (Å²) in [5.74, 6) is 3.06. The van der Waals surface area contributed by atoms with E-state index in [0.29, 0.717) is 23.3 Å². The van der Waals surface area contributed by atoms with Gasteiger partial charge >= 0.3 is 0 Å². The Morgan fingerprint density at radius 3 is 2.67 bits per heavy atom. The lowest BCUT2D eigenvalue weighted by Gasteiger charge is -2.25. The molecule has 1 N–H and O–H groups in total. The highest BCUT2D eigenvalue weighted by atomic mass is 16.5. The van der Waals surface area contributed by atoms with Crippen molar-refractivity contribution in [3.63, 3.8) is 0 Å². The Balaban J connectivity index is 1.52. The summed E-state index contributed by atoms with van der Waals surface area (Å²) in [6.07, 6.45) is 0.901. The van der Waals surface area contributed by atoms with E-state index in [0.717, 1.165) is 37.6 Å². The lowest BCUT2D eigenvalue weighted by molar-refractivity contribution is 0.100. The van der Waals surface area contributed by atoms with E-state index in [2.05, 4.69) is 27.5 Å². The molecule has 0 saturated carbocycles. The third-order valence-electron chi connectivity index (χ3n) is 5.00. The molecule has 0 radical (unpaired) electrons. The molecule has 1 fully saturated rings. The maximum atomic E-state index is 12.6. The number of aromatic nitrogens is 3. The van der Waals surface area contributed by atoms with Crippen LogP contribution in [0.5, 0.6) is 5.75 Å². The molecule has 1 amide bonds. The number of hydrogen-bond acceptors (Lipinski definition) is 5. The van der Waals surface area contributed by atoms with Crippen molar-refractivity contribution in [3.05, 3.63) is 35.9 Å². The minimum absolute atomic E-state index is 0.219. The monoisotopic (exact) mass is 327 g/mol. The van der Waals surface area contributed by atoms with Gasteiger partial charge in [-0.1, -0.05) is 0 Å². The van der Waals surface area contributed by atoms with Crippen molar-refractivity contribution in [1.82, 2.24) is 19.7 Å². The van der Waals surface area contributed by atoms with E-state index in [1.54, 1.807) is 7.11 Å². The molecule has 1 aromatic heterocycles. The molecule has 0 spiro atoms. The number of likely N-dealkylation sites (tertiary alicyclic amines) is 1. The number of anilines is 1. The van der Waals surface area contributed by atoms with Crippen molar-refractivity contribution in [2.75, 3.05) is 32.6 Å². The maximum Gasteiger partial charge on any atom is 0.293 e. The number of carbonyl (C=O) groups is 1. The Morgan fingerprint density at radius 2 is 1.92 bits per heavy atom. The average molecular weight is 327 g/mol. The minimum atomic E-state index is -0.219. The van der Waals surface area contributed by atoms with Gasteiger partial charge in [-0.15, -0.1) is 10.2 Å².